The number of amidine groups is 2. The van der Waals surface area contributed by atoms with Gasteiger partial charge in [0.25, 0.3) is 0 Å². The molecule has 6 nitrogen and oxygen atoms in total. The number of aliphatic hydroxyl groups is 1. The Balaban J connectivity index is 2.19. The molecule has 0 saturated carbocycles. The van der Waals surface area contributed by atoms with Crippen molar-refractivity contribution in [1.29, 1.82) is 0 Å². The van der Waals surface area contributed by atoms with E-state index in [1.807, 2.05) is 0 Å². The van der Waals surface area contributed by atoms with Crippen LogP contribution >= 0.6 is 23.2 Å². The summed E-state index contributed by atoms with van der Waals surface area (Å²) < 4.78 is 121. The lowest BCUT2D eigenvalue weighted by atomic mass is 10.1. The van der Waals surface area contributed by atoms with E-state index in [4.69, 9.17) is 23.2 Å². The topological polar surface area (TPSA) is 72.2 Å². The molecular weight excluding hydrogens is 556 g/mol. The molecule has 0 aliphatic carbocycles. The van der Waals surface area contributed by atoms with Crippen molar-refractivity contribution in [1.82, 2.24) is 10.7 Å². The molecule has 1 aromatic carbocycles. The fourth-order valence-electron chi connectivity index (χ4n) is 3.39. The first-order chi connectivity index (χ1) is 16.4. The Morgan fingerprint density at radius 2 is 1.61 bits per heavy atom. The number of halogens is 11. The summed E-state index contributed by atoms with van der Waals surface area (Å²) in [6.07, 6.45) is -17.9. The molecule has 2 unspecified atom stereocenters. The molecule has 2 atom stereocenters. The Hall–Kier alpha value is -2.23. The fourth-order valence-corrected chi connectivity index (χ4v) is 4.04. The lowest BCUT2D eigenvalue weighted by Gasteiger charge is -2.25. The third-order valence-electron chi connectivity index (χ3n) is 4.91. The summed E-state index contributed by atoms with van der Waals surface area (Å²) in [6.45, 7) is 1.25. The Labute approximate surface area is 207 Å². The maximum absolute atomic E-state index is 13.8. The highest BCUT2D eigenvalue weighted by atomic mass is 35.5. The zero-order chi connectivity index (χ0) is 27.2. The molecule has 0 amide bonds. The SMILES string of the molecule is CC(O)CCCN=C1C2=C(C(F)(F)F)NC(C(F)(F)F)=NC2NN1c1c(Cl)cc(C(F)(F)F)cc1Cl. The van der Waals surface area contributed by atoms with Gasteiger partial charge in [-0.1, -0.05) is 23.2 Å². The number of nitrogens with one attached hydrogen (secondary N) is 2. The van der Waals surface area contributed by atoms with Crippen molar-refractivity contribution >= 4 is 40.6 Å². The lowest BCUT2D eigenvalue weighted by Crippen LogP contribution is -2.47. The van der Waals surface area contributed by atoms with Crippen molar-refractivity contribution in [3.05, 3.63) is 39.0 Å². The fraction of sp³-hybridized carbons (Fsp3) is 0.474. The molecule has 36 heavy (non-hydrogen) atoms. The minimum absolute atomic E-state index is 0.160. The second kappa shape index (κ2) is 9.91. The van der Waals surface area contributed by atoms with Crippen molar-refractivity contribution < 1.29 is 44.6 Å². The zero-order valence-electron chi connectivity index (χ0n) is 17.9. The van der Waals surface area contributed by atoms with Crippen LogP contribution in [0.2, 0.25) is 10.0 Å². The minimum Gasteiger partial charge on any atom is -0.393 e. The van der Waals surface area contributed by atoms with E-state index in [1.165, 1.54) is 12.2 Å². The second-order valence-electron chi connectivity index (χ2n) is 7.74. The summed E-state index contributed by atoms with van der Waals surface area (Å²) in [5, 5.41) is 9.98. The van der Waals surface area contributed by atoms with Gasteiger partial charge in [0.1, 0.15) is 11.9 Å². The number of aliphatic hydroxyl groups excluding tert-OH is 1. The Kier molecular flexibility index (Phi) is 7.80. The molecule has 2 aliphatic heterocycles. The highest BCUT2D eigenvalue weighted by molar-refractivity contribution is 6.40. The Morgan fingerprint density at radius 3 is 2.08 bits per heavy atom. The van der Waals surface area contributed by atoms with Crippen molar-refractivity contribution in [2.24, 2.45) is 9.98 Å². The lowest BCUT2D eigenvalue weighted by molar-refractivity contribution is -0.137. The van der Waals surface area contributed by atoms with Crippen molar-refractivity contribution in [2.45, 2.75) is 50.6 Å². The van der Waals surface area contributed by atoms with Gasteiger partial charge in [0, 0.05) is 6.54 Å². The molecule has 2 heterocycles. The number of hydrogen-bond donors (Lipinski definition) is 3. The number of rotatable bonds is 5. The van der Waals surface area contributed by atoms with Crippen LogP contribution in [-0.2, 0) is 6.18 Å². The van der Waals surface area contributed by atoms with E-state index in [0.29, 0.717) is 17.1 Å². The average Bonchev–Trinajstić information content (AvgIpc) is 3.05. The number of benzene rings is 1. The molecule has 0 spiro atoms. The molecule has 1 aromatic rings. The predicted octanol–water partition coefficient (Wildman–Crippen LogP) is 5.60. The van der Waals surface area contributed by atoms with Gasteiger partial charge < -0.3 is 10.4 Å². The van der Waals surface area contributed by atoms with Gasteiger partial charge in [-0.15, -0.1) is 0 Å². The number of hydrazine groups is 1. The summed E-state index contributed by atoms with van der Waals surface area (Å²) in [4.78, 5) is 7.28. The largest absolute Gasteiger partial charge is 0.449 e. The summed E-state index contributed by atoms with van der Waals surface area (Å²) >= 11 is 12.0. The first-order valence-corrected chi connectivity index (χ1v) is 10.8. The van der Waals surface area contributed by atoms with E-state index >= 15 is 0 Å². The van der Waals surface area contributed by atoms with E-state index in [-0.39, 0.29) is 19.4 Å². The normalized spacial score (nSPS) is 21.0. The highest BCUT2D eigenvalue weighted by Gasteiger charge is 2.52. The van der Waals surface area contributed by atoms with Gasteiger partial charge in [0.05, 0.1) is 33.0 Å². The maximum Gasteiger partial charge on any atom is 0.449 e. The maximum atomic E-state index is 13.8. The molecule has 1 fully saturated rings. The quantitative estimate of drug-likeness (QED) is 0.318. The predicted molar refractivity (Wildman–Crippen MR) is 114 cm³/mol. The molecule has 17 heteroatoms. The molecule has 1 saturated heterocycles. The van der Waals surface area contributed by atoms with Gasteiger partial charge in [-0.3, -0.25) is 10.0 Å². The third-order valence-corrected chi connectivity index (χ3v) is 5.49. The number of allylic oxidation sites excluding steroid dienone is 1. The monoisotopic (exact) mass is 571 g/mol. The molecular formula is C19H16Cl2F9N5O. The van der Waals surface area contributed by atoms with E-state index in [9.17, 15) is 44.6 Å². The second-order valence-corrected chi connectivity index (χ2v) is 8.55. The summed E-state index contributed by atoms with van der Waals surface area (Å²) in [7, 11) is 0. The Morgan fingerprint density at radius 1 is 1.03 bits per heavy atom. The van der Waals surface area contributed by atoms with Crippen molar-refractivity contribution in [2.75, 3.05) is 11.6 Å². The van der Waals surface area contributed by atoms with Crippen LogP contribution < -0.4 is 15.8 Å². The number of aliphatic imine (C=N–C) groups is 2. The van der Waals surface area contributed by atoms with Crippen LogP contribution in [0.1, 0.15) is 25.3 Å². The number of fused-ring (bicyclic) bond motifs is 1. The van der Waals surface area contributed by atoms with Gasteiger partial charge >= 0.3 is 18.5 Å². The van der Waals surface area contributed by atoms with E-state index in [0.717, 1.165) is 0 Å². The average molecular weight is 572 g/mol. The number of anilines is 1. The molecule has 0 bridgehead atoms. The van der Waals surface area contributed by atoms with Crippen LogP contribution in [0.5, 0.6) is 0 Å². The van der Waals surface area contributed by atoms with Gasteiger partial charge in [0.15, 0.2) is 5.84 Å². The number of alkyl halides is 9. The van der Waals surface area contributed by atoms with Crippen LogP contribution in [0.15, 0.2) is 33.4 Å². The first-order valence-electron chi connectivity index (χ1n) is 10.00. The Bertz CT molecular complexity index is 1090. The smallest absolute Gasteiger partial charge is 0.393 e. The van der Waals surface area contributed by atoms with Gasteiger partial charge in [0.2, 0.25) is 5.84 Å². The van der Waals surface area contributed by atoms with E-state index < -0.39 is 75.0 Å². The third kappa shape index (κ3) is 6.01. The van der Waals surface area contributed by atoms with Gasteiger partial charge in [-0.2, -0.15) is 44.9 Å². The minimum atomic E-state index is -5.33. The van der Waals surface area contributed by atoms with Crippen LogP contribution in [0, 0.1) is 0 Å². The van der Waals surface area contributed by atoms with E-state index in [2.05, 4.69) is 15.4 Å². The van der Waals surface area contributed by atoms with Crippen LogP contribution in [0.25, 0.3) is 0 Å². The molecule has 2 aliphatic rings. The summed E-state index contributed by atoms with van der Waals surface area (Å²) in [5.41, 5.74) is -2.14. The van der Waals surface area contributed by atoms with Crippen LogP contribution in [-0.4, -0.2) is 47.9 Å². The molecule has 0 radical (unpaired) electrons. The summed E-state index contributed by atoms with van der Waals surface area (Å²) in [5.74, 6) is -2.56. The van der Waals surface area contributed by atoms with Crippen molar-refractivity contribution in [3.8, 4) is 0 Å². The van der Waals surface area contributed by atoms with Crippen LogP contribution in [0.3, 0.4) is 0 Å². The standard InChI is InChI=1S/C19H16Cl2F9N5O/c1-7(36)3-2-4-31-15-11-13(18(25,26)27)32-16(19(28,29)30)33-14(11)34-35(15)12-9(20)5-8(6-10(12)21)17(22,23)24/h5-7,14,34,36H,2-4H2,1H3,(H,32,33). The summed E-state index contributed by atoms with van der Waals surface area (Å²) in [6, 6.07) is 0.915. The van der Waals surface area contributed by atoms with E-state index in [1.54, 1.807) is 0 Å². The number of nitrogens with zero attached hydrogens (tertiary/aromatic N) is 3. The molecule has 200 valence electrons. The van der Waals surface area contributed by atoms with Crippen LogP contribution in [0.4, 0.5) is 45.2 Å². The molecule has 3 rings (SSSR count). The number of hydrogen-bond acceptors (Lipinski definition) is 5. The molecule has 0 aromatic heterocycles. The highest BCUT2D eigenvalue weighted by Crippen LogP contribution is 2.43. The van der Waals surface area contributed by atoms with Gasteiger partial charge in [-0.05, 0) is 31.9 Å². The zero-order valence-corrected chi connectivity index (χ0v) is 19.4. The van der Waals surface area contributed by atoms with Gasteiger partial charge in [-0.25, -0.2) is 4.99 Å². The first kappa shape index (κ1) is 28.3. The molecule has 3 N–H and O–H groups in total. The van der Waals surface area contributed by atoms with Crippen molar-refractivity contribution in [3.63, 3.8) is 0 Å².